The molecule has 0 saturated heterocycles. The standard InChI is InChI=1S/C14H28O2/c1-5-7-11-8-9-12(15)13(10-11)16-14(3,4)6-2/h11-13,15H,5-10H2,1-4H3. The highest BCUT2D eigenvalue weighted by atomic mass is 16.5. The molecule has 2 nitrogen and oxygen atoms in total. The maximum Gasteiger partial charge on any atom is 0.0843 e. The number of ether oxygens (including phenoxy) is 1. The maximum atomic E-state index is 9.99. The summed E-state index contributed by atoms with van der Waals surface area (Å²) in [5.74, 6) is 0.756. The summed E-state index contributed by atoms with van der Waals surface area (Å²) >= 11 is 0. The summed E-state index contributed by atoms with van der Waals surface area (Å²) in [5.41, 5.74) is -0.0975. The summed E-state index contributed by atoms with van der Waals surface area (Å²) in [6, 6.07) is 0. The van der Waals surface area contributed by atoms with Gasteiger partial charge in [-0.15, -0.1) is 0 Å². The van der Waals surface area contributed by atoms with E-state index in [9.17, 15) is 5.11 Å². The molecule has 0 aromatic carbocycles. The van der Waals surface area contributed by atoms with E-state index in [0.717, 1.165) is 25.2 Å². The van der Waals surface area contributed by atoms with Crippen molar-refractivity contribution in [2.75, 3.05) is 0 Å². The van der Waals surface area contributed by atoms with Crippen LogP contribution in [0.15, 0.2) is 0 Å². The molecule has 16 heavy (non-hydrogen) atoms. The maximum absolute atomic E-state index is 9.99. The molecule has 3 atom stereocenters. The molecule has 0 radical (unpaired) electrons. The van der Waals surface area contributed by atoms with Crippen molar-refractivity contribution < 1.29 is 9.84 Å². The van der Waals surface area contributed by atoms with Gasteiger partial charge in [0.25, 0.3) is 0 Å². The second-order valence-corrected chi connectivity index (χ2v) is 5.80. The fourth-order valence-corrected chi connectivity index (χ4v) is 2.49. The number of rotatable bonds is 5. The summed E-state index contributed by atoms with van der Waals surface area (Å²) in [6.07, 6.45) is 6.44. The molecule has 0 aromatic rings. The molecule has 3 unspecified atom stereocenters. The molecule has 1 aliphatic carbocycles. The summed E-state index contributed by atoms with van der Waals surface area (Å²) in [4.78, 5) is 0. The Bertz CT molecular complexity index is 201. The van der Waals surface area contributed by atoms with E-state index >= 15 is 0 Å². The van der Waals surface area contributed by atoms with Crippen molar-refractivity contribution in [2.45, 2.75) is 84.0 Å². The fourth-order valence-electron chi connectivity index (χ4n) is 2.49. The molecule has 1 rings (SSSR count). The molecular weight excluding hydrogens is 200 g/mol. The van der Waals surface area contributed by atoms with Crippen molar-refractivity contribution in [1.29, 1.82) is 0 Å². The fraction of sp³-hybridized carbons (Fsp3) is 1.00. The Morgan fingerprint density at radius 1 is 1.25 bits per heavy atom. The lowest BCUT2D eigenvalue weighted by molar-refractivity contribution is -0.141. The Balaban J connectivity index is 2.49. The third-order valence-electron chi connectivity index (χ3n) is 3.88. The highest BCUT2D eigenvalue weighted by Gasteiger charge is 2.33. The molecule has 1 aliphatic rings. The Hall–Kier alpha value is -0.0800. The van der Waals surface area contributed by atoms with Crippen molar-refractivity contribution in [3.05, 3.63) is 0 Å². The molecule has 0 aromatic heterocycles. The van der Waals surface area contributed by atoms with E-state index in [1.54, 1.807) is 0 Å². The van der Waals surface area contributed by atoms with Gasteiger partial charge >= 0.3 is 0 Å². The van der Waals surface area contributed by atoms with Crippen molar-refractivity contribution in [2.24, 2.45) is 5.92 Å². The molecular formula is C14H28O2. The molecule has 0 spiro atoms. The van der Waals surface area contributed by atoms with E-state index in [4.69, 9.17) is 4.74 Å². The number of aliphatic hydroxyl groups is 1. The van der Waals surface area contributed by atoms with Crippen LogP contribution in [0.1, 0.15) is 66.2 Å². The van der Waals surface area contributed by atoms with Crippen LogP contribution in [0.4, 0.5) is 0 Å². The summed E-state index contributed by atoms with van der Waals surface area (Å²) < 4.78 is 6.07. The van der Waals surface area contributed by atoms with Gasteiger partial charge in [0.2, 0.25) is 0 Å². The molecule has 0 heterocycles. The Labute approximate surface area is 100 Å². The van der Waals surface area contributed by atoms with Crippen LogP contribution in [0.5, 0.6) is 0 Å². The lowest BCUT2D eigenvalue weighted by atomic mass is 9.82. The minimum atomic E-state index is -0.251. The second-order valence-electron chi connectivity index (χ2n) is 5.80. The van der Waals surface area contributed by atoms with E-state index in [1.807, 2.05) is 0 Å². The third-order valence-corrected chi connectivity index (χ3v) is 3.88. The van der Waals surface area contributed by atoms with Gasteiger partial charge in [-0.2, -0.15) is 0 Å². The van der Waals surface area contributed by atoms with Gasteiger partial charge in [0.1, 0.15) is 0 Å². The van der Waals surface area contributed by atoms with E-state index < -0.39 is 0 Å². The lowest BCUT2D eigenvalue weighted by Crippen LogP contribution is -2.41. The molecule has 0 bridgehead atoms. The van der Waals surface area contributed by atoms with Gasteiger partial charge in [0, 0.05) is 0 Å². The van der Waals surface area contributed by atoms with Crippen LogP contribution in [-0.2, 0) is 4.74 Å². The first-order valence-electron chi connectivity index (χ1n) is 6.84. The van der Waals surface area contributed by atoms with Gasteiger partial charge in [-0.1, -0.05) is 26.7 Å². The van der Waals surface area contributed by atoms with E-state index in [-0.39, 0.29) is 17.8 Å². The van der Waals surface area contributed by atoms with Crippen molar-refractivity contribution in [1.82, 2.24) is 0 Å². The minimum absolute atomic E-state index is 0.0558. The van der Waals surface area contributed by atoms with Gasteiger partial charge in [-0.25, -0.2) is 0 Å². The Morgan fingerprint density at radius 2 is 1.94 bits per heavy atom. The normalized spacial score (nSPS) is 31.7. The molecule has 1 fully saturated rings. The van der Waals surface area contributed by atoms with Gasteiger partial charge in [0.15, 0.2) is 0 Å². The molecule has 96 valence electrons. The quantitative estimate of drug-likeness (QED) is 0.780. The highest BCUT2D eigenvalue weighted by Crippen LogP contribution is 2.32. The second kappa shape index (κ2) is 6.02. The smallest absolute Gasteiger partial charge is 0.0843 e. The first kappa shape index (κ1) is 14.0. The topological polar surface area (TPSA) is 29.5 Å². The first-order chi connectivity index (χ1) is 7.48. The van der Waals surface area contributed by atoms with Crippen molar-refractivity contribution in [3.8, 4) is 0 Å². The van der Waals surface area contributed by atoms with Crippen LogP contribution < -0.4 is 0 Å². The molecule has 1 saturated carbocycles. The van der Waals surface area contributed by atoms with Crippen LogP contribution in [-0.4, -0.2) is 22.9 Å². The van der Waals surface area contributed by atoms with Gasteiger partial charge in [-0.05, 0) is 45.4 Å². The highest BCUT2D eigenvalue weighted by molar-refractivity contribution is 4.83. The Morgan fingerprint density at radius 3 is 2.50 bits per heavy atom. The zero-order valence-electron chi connectivity index (χ0n) is 11.3. The van der Waals surface area contributed by atoms with Gasteiger partial charge in [0.05, 0.1) is 17.8 Å². The number of hydrogen-bond acceptors (Lipinski definition) is 2. The third kappa shape index (κ3) is 4.06. The molecule has 0 amide bonds. The van der Waals surface area contributed by atoms with Gasteiger partial charge < -0.3 is 9.84 Å². The van der Waals surface area contributed by atoms with Gasteiger partial charge in [-0.3, -0.25) is 0 Å². The van der Waals surface area contributed by atoms with Crippen LogP contribution in [0.25, 0.3) is 0 Å². The molecule has 1 N–H and O–H groups in total. The van der Waals surface area contributed by atoms with E-state index in [1.165, 1.54) is 19.3 Å². The average molecular weight is 228 g/mol. The predicted octanol–water partition coefficient (Wildman–Crippen LogP) is 3.52. The monoisotopic (exact) mass is 228 g/mol. The molecule has 2 heteroatoms. The predicted molar refractivity (Wildman–Crippen MR) is 67.5 cm³/mol. The SMILES string of the molecule is CCCC1CCC(O)C(OC(C)(C)CC)C1. The number of hydrogen-bond donors (Lipinski definition) is 1. The first-order valence-corrected chi connectivity index (χ1v) is 6.84. The van der Waals surface area contributed by atoms with Crippen LogP contribution in [0.3, 0.4) is 0 Å². The number of aliphatic hydroxyl groups excluding tert-OH is 1. The molecule has 0 aliphatic heterocycles. The summed E-state index contributed by atoms with van der Waals surface area (Å²) in [5, 5.41) is 9.99. The largest absolute Gasteiger partial charge is 0.390 e. The zero-order chi connectivity index (χ0) is 12.2. The zero-order valence-corrected chi connectivity index (χ0v) is 11.3. The Kier molecular flexibility index (Phi) is 5.26. The van der Waals surface area contributed by atoms with Crippen molar-refractivity contribution in [3.63, 3.8) is 0 Å². The van der Waals surface area contributed by atoms with Crippen LogP contribution in [0.2, 0.25) is 0 Å². The van der Waals surface area contributed by atoms with E-state index in [2.05, 4.69) is 27.7 Å². The minimum Gasteiger partial charge on any atom is -0.390 e. The van der Waals surface area contributed by atoms with Crippen LogP contribution in [0, 0.1) is 5.92 Å². The lowest BCUT2D eigenvalue weighted by Gasteiger charge is -2.38. The average Bonchev–Trinajstić information content (AvgIpc) is 2.23. The van der Waals surface area contributed by atoms with Crippen LogP contribution >= 0.6 is 0 Å². The van der Waals surface area contributed by atoms with E-state index in [0.29, 0.717) is 0 Å². The summed E-state index contributed by atoms with van der Waals surface area (Å²) in [7, 11) is 0. The van der Waals surface area contributed by atoms with Crippen molar-refractivity contribution >= 4 is 0 Å². The summed E-state index contributed by atoms with van der Waals surface area (Å²) in [6.45, 7) is 8.60.